The third-order valence-electron chi connectivity index (χ3n) is 3.66. The fourth-order valence-electron chi connectivity index (χ4n) is 2.26. The average Bonchev–Trinajstić information content (AvgIpc) is 2.57. The van der Waals surface area contributed by atoms with E-state index in [0.29, 0.717) is 5.56 Å². The maximum Gasteiger partial charge on any atom is 0.508 e. The summed E-state index contributed by atoms with van der Waals surface area (Å²) in [7, 11) is -3.41. The van der Waals surface area contributed by atoms with E-state index in [4.69, 9.17) is 21.1 Å². The van der Waals surface area contributed by atoms with E-state index in [1.54, 1.807) is 6.92 Å². The highest BCUT2D eigenvalue weighted by Gasteiger charge is 2.31. The van der Waals surface area contributed by atoms with Crippen LogP contribution in [0.2, 0.25) is 0 Å². The van der Waals surface area contributed by atoms with Crippen LogP contribution >= 0.6 is 11.6 Å². The molecule has 0 aliphatic rings. The third kappa shape index (κ3) is 6.57. The van der Waals surface area contributed by atoms with E-state index in [1.807, 2.05) is 0 Å². The van der Waals surface area contributed by atoms with Crippen LogP contribution in [0.4, 0.5) is 9.18 Å². The topological polar surface area (TPSA) is 86.7 Å². The van der Waals surface area contributed by atoms with Gasteiger partial charge in [0.2, 0.25) is 0 Å². The zero-order chi connectivity index (χ0) is 19.9. The minimum Gasteiger partial charge on any atom is -0.435 e. The predicted molar refractivity (Wildman–Crippen MR) is 94.8 cm³/mol. The molecule has 0 fully saturated rings. The minimum absolute atomic E-state index is 0.0660. The molecule has 1 unspecified atom stereocenters. The molecule has 0 N–H and O–H groups in total. The average molecular weight is 409 g/mol. The molecule has 0 saturated carbocycles. The van der Waals surface area contributed by atoms with Crippen LogP contribution < -0.4 is 0 Å². The quantitative estimate of drug-likeness (QED) is 0.459. The molecule has 6 nitrogen and oxygen atoms in total. The van der Waals surface area contributed by atoms with Gasteiger partial charge in [-0.15, -0.1) is 11.6 Å². The minimum atomic E-state index is -3.41. The number of ketones is 1. The van der Waals surface area contributed by atoms with Crippen LogP contribution in [0.25, 0.3) is 0 Å². The maximum atomic E-state index is 13.6. The highest BCUT2D eigenvalue weighted by molar-refractivity contribution is 7.90. The Kier molecular flexibility index (Phi) is 8.49. The van der Waals surface area contributed by atoms with Gasteiger partial charge in [-0.3, -0.25) is 9.18 Å². The number of halogens is 2. The Morgan fingerprint density at radius 2 is 1.81 bits per heavy atom. The summed E-state index contributed by atoms with van der Waals surface area (Å²) in [6.07, 6.45) is -1.31. The molecule has 0 amide bonds. The van der Waals surface area contributed by atoms with Gasteiger partial charge in [0.25, 0.3) is 0 Å². The lowest BCUT2D eigenvalue weighted by molar-refractivity contribution is -0.121. The van der Waals surface area contributed by atoms with Crippen LogP contribution in [0.5, 0.6) is 0 Å². The van der Waals surface area contributed by atoms with Crippen molar-refractivity contribution in [2.75, 3.05) is 19.5 Å². The number of ether oxygens (including phenoxy) is 2. The molecule has 26 heavy (non-hydrogen) atoms. The highest BCUT2D eigenvalue weighted by atomic mass is 35.5. The maximum absolute atomic E-state index is 13.6. The zero-order valence-corrected chi connectivity index (χ0v) is 16.3. The number of carbonyl (C=O) groups excluding carboxylic acids is 2. The summed E-state index contributed by atoms with van der Waals surface area (Å²) in [6, 6.07) is 5.48. The Bertz CT molecular complexity index is 717. The molecular weight excluding hydrogens is 387 g/mol. The molecule has 1 rings (SSSR count). The molecule has 0 bridgehead atoms. The van der Waals surface area contributed by atoms with Crippen molar-refractivity contribution in [2.24, 2.45) is 5.92 Å². The van der Waals surface area contributed by atoms with Crippen LogP contribution in [0.15, 0.2) is 29.2 Å². The van der Waals surface area contributed by atoms with Gasteiger partial charge >= 0.3 is 6.16 Å². The second-order valence-electron chi connectivity index (χ2n) is 5.76. The number of carbonyl (C=O) groups is 2. The van der Waals surface area contributed by atoms with Crippen LogP contribution in [-0.2, 0) is 24.1 Å². The number of hydrogen-bond acceptors (Lipinski definition) is 6. The van der Waals surface area contributed by atoms with Gasteiger partial charge in [0.15, 0.2) is 15.6 Å². The Morgan fingerprint density at radius 1 is 1.23 bits per heavy atom. The lowest BCUT2D eigenvalue weighted by Crippen LogP contribution is -2.26. The first-order valence-corrected chi connectivity index (χ1v) is 10.3. The molecule has 1 aromatic rings. The second kappa shape index (κ2) is 9.87. The lowest BCUT2D eigenvalue weighted by Gasteiger charge is -2.25. The van der Waals surface area contributed by atoms with E-state index in [0.717, 1.165) is 6.26 Å². The Morgan fingerprint density at radius 3 is 2.23 bits per heavy atom. The summed E-state index contributed by atoms with van der Waals surface area (Å²) in [5.74, 6) is -1.36. The molecule has 0 aliphatic carbocycles. The standard InChI is InChI=1S/C17H22ClFO6S/c1-4-24-17(21)25-16(13(10-19)9-15(20)11(2)18)12-5-7-14(8-6-12)26(3,22)23/h5-8,11,13,16H,4,9-10H2,1-3H3/t11?,13-,16-/m1/s1. The molecule has 0 heterocycles. The van der Waals surface area contributed by atoms with Gasteiger partial charge in [0, 0.05) is 18.6 Å². The number of sulfone groups is 1. The van der Waals surface area contributed by atoms with Gasteiger partial charge in [-0.1, -0.05) is 12.1 Å². The first kappa shape index (κ1) is 22.4. The Balaban J connectivity index is 3.17. The van der Waals surface area contributed by atoms with Gasteiger partial charge < -0.3 is 9.47 Å². The van der Waals surface area contributed by atoms with Crippen LogP contribution in [0, 0.1) is 5.92 Å². The van der Waals surface area contributed by atoms with Crippen LogP contribution in [0.3, 0.4) is 0 Å². The van der Waals surface area contributed by atoms with Gasteiger partial charge in [-0.2, -0.15) is 0 Å². The fraction of sp³-hybridized carbons (Fsp3) is 0.529. The highest BCUT2D eigenvalue weighted by Crippen LogP contribution is 2.31. The van der Waals surface area contributed by atoms with E-state index >= 15 is 0 Å². The molecular formula is C17H22ClFO6S. The van der Waals surface area contributed by atoms with Crippen molar-refractivity contribution in [3.05, 3.63) is 29.8 Å². The molecule has 1 aromatic carbocycles. The Labute approximate surface area is 157 Å². The monoisotopic (exact) mass is 408 g/mol. The van der Waals surface area contributed by atoms with Crippen molar-refractivity contribution in [3.63, 3.8) is 0 Å². The molecule has 3 atom stereocenters. The summed E-state index contributed by atoms with van der Waals surface area (Å²) in [5, 5.41) is -0.806. The van der Waals surface area contributed by atoms with Gasteiger partial charge in [0.1, 0.15) is 6.10 Å². The summed E-state index contributed by atoms with van der Waals surface area (Å²) >= 11 is 5.74. The largest absolute Gasteiger partial charge is 0.508 e. The second-order valence-corrected chi connectivity index (χ2v) is 8.43. The zero-order valence-electron chi connectivity index (χ0n) is 14.8. The summed E-state index contributed by atoms with van der Waals surface area (Å²) < 4.78 is 46.6. The number of alkyl halides is 2. The van der Waals surface area contributed by atoms with E-state index in [-0.39, 0.29) is 23.7 Å². The van der Waals surface area contributed by atoms with E-state index < -0.39 is 40.1 Å². The fourth-order valence-corrected chi connectivity index (χ4v) is 2.98. The normalized spacial score (nSPS) is 15.0. The third-order valence-corrected chi connectivity index (χ3v) is 5.03. The van der Waals surface area contributed by atoms with Crippen LogP contribution in [-0.4, -0.2) is 45.3 Å². The smallest absolute Gasteiger partial charge is 0.435 e. The number of benzene rings is 1. The summed E-state index contributed by atoms with van der Waals surface area (Å²) in [5.41, 5.74) is 0.350. The predicted octanol–water partition coefficient (Wildman–Crippen LogP) is 3.48. The van der Waals surface area contributed by atoms with Crippen molar-refractivity contribution >= 4 is 33.4 Å². The van der Waals surface area contributed by atoms with E-state index in [9.17, 15) is 22.4 Å². The van der Waals surface area contributed by atoms with Crippen molar-refractivity contribution in [1.29, 1.82) is 0 Å². The molecule has 9 heteroatoms. The number of rotatable bonds is 9. The lowest BCUT2D eigenvalue weighted by atomic mass is 9.91. The molecule has 146 valence electrons. The van der Waals surface area contributed by atoms with Gasteiger partial charge in [0.05, 0.1) is 23.6 Å². The first-order valence-electron chi connectivity index (χ1n) is 7.96. The molecule has 0 radical (unpaired) electrons. The number of Topliss-reactive ketones (excluding diaryl/α,β-unsaturated/α-hetero) is 1. The van der Waals surface area contributed by atoms with E-state index in [1.165, 1.54) is 31.2 Å². The van der Waals surface area contributed by atoms with E-state index in [2.05, 4.69) is 0 Å². The Hall–Kier alpha value is -1.67. The molecule has 0 aliphatic heterocycles. The molecule has 0 aromatic heterocycles. The van der Waals surface area contributed by atoms with Crippen molar-refractivity contribution < 1.29 is 31.9 Å². The summed E-state index contributed by atoms with van der Waals surface area (Å²) in [6.45, 7) is 2.19. The van der Waals surface area contributed by atoms with Crippen molar-refractivity contribution in [2.45, 2.75) is 36.6 Å². The summed E-state index contributed by atoms with van der Waals surface area (Å²) in [4.78, 5) is 23.7. The SMILES string of the molecule is CCOC(=O)O[C@H](c1ccc(S(C)(=O)=O)cc1)[C@@H](CF)CC(=O)C(C)Cl. The van der Waals surface area contributed by atoms with Crippen LogP contribution in [0.1, 0.15) is 31.9 Å². The number of hydrogen-bond donors (Lipinski definition) is 0. The molecule has 0 saturated heterocycles. The van der Waals surface area contributed by atoms with Crippen molar-refractivity contribution in [3.8, 4) is 0 Å². The first-order chi connectivity index (χ1) is 12.1. The molecule has 0 spiro atoms. The van der Waals surface area contributed by atoms with Gasteiger partial charge in [-0.25, -0.2) is 13.2 Å². The van der Waals surface area contributed by atoms with Crippen molar-refractivity contribution in [1.82, 2.24) is 0 Å². The van der Waals surface area contributed by atoms with Gasteiger partial charge in [-0.05, 0) is 31.5 Å².